The van der Waals surface area contributed by atoms with E-state index in [-0.39, 0.29) is 12.3 Å². The second-order valence-corrected chi connectivity index (χ2v) is 6.03. The molecule has 4 nitrogen and oxygen atoms in total. The van der Waals surface area contributed by atoms with Gasteiger partial charge in [-0.05, 0) is 60.0 Å². The number of hydrogen-bond acceptors (Lipinski definition) is 3. The molecule has 0 spiro atoms. The lowest BCUT2D eigenvalue weighted by Gasteiger charge is -2.09. The Balaban J connectivity index is 1.58. The number of nitrogens with zero attached hydrogens (tertiary/aromatic N) is 1. The fraction of sp³-hybridized carbons (Fsp3) is 0.0909. The van der Waals surface area contributed by atoms with Crippen molar-refractivity contribution in [3.8, 4) is 22.9 Å². The number of halogens is 1. The van der Waals surface area contributed by atoms with E-state index in [1.165, 1.54) is 12.1 Å². The summed E-state index contributed by atoms with van der Waals surface area (Å²) in [4.78, 5) is 11.9. The predicted molar refractivity (Wildman–Crippen MR) is 102 cm³/mol. The maximum Gasteiger partial charge on any atom is 0.262 e. The van der Waals surface area contributed by atoms with Gasteiger partial charge in [0.05, 0.1) is 17.3 Å². The number of carbonyl (C=O) groups excluding carboxylic acids is 1. The summed E-state index contributed by atoms with van der Waals surface area (Å²) in [6.45, 7) is 1.56. The van der Waals surface area contributed by atoms with Crippen molar-refractivity contribution in [3.63, 3.8) is 0 Å². The highest BCUT2D eigenvalue weighted by molar-refractivity contribution is 5.92. The molecule has 0 unspecified atom stereocenters. The van der Waals surface area contributed by atoms with Crippen molar-refractivity contribution in [1.29, 1.82) is 5.26 Å². The van der Waals surface area contributed by atoms with E-state index in [1.54, 1.807) is 37.3 Å². The molecule has 0 aromatic heterocycles. The summed E-state index contributed by atoms with van der Waals surface area (Å²) in [5.74, 6) is -0.379. The molecule has 0 atom stereocenters. The van der Waals surface area contributed by atoms with Gasteiger partial charge in [0.25, 0.3) is 5.91 Å². The molecule has 0 aliphatic heterocycles. The monoisotopic (exact) mass is 360 g/mol. The topological polar surface area (TPSA) is 62.1 Å². The summed E-state index contributed by atoms with van der Waals surface area (Å²) >= 11 is 0. The molecule has 0 fully saturated rings. The molecule has 1 N–H and O–H groups in total. The maximum atomic E-state index is 13.8. The first-order valence-corrected chi connectivity index (χ1v) is 8.34. The Bertz CT molecular complexity index is 990. The quantitative estimate of drug-likeness (QED) is 0.718. The molecule has 0 aliphatic carbocycles. The maximum absolute atomic E-state index is 13.8. The molecular weight excluding hydrogens is 343 g/mol. The van der Waals surface area contributed by atoms with Gasteiger partial charge in [0, 0.05) is 0 Å². The minimum atomic E-state index is -0.477. The van der Waals surface area contributed by atoms with E-state index in [2.05, 4.69) is 11.4 Å². The first-order valence-electron chi connectivity index (χ1n) is 8.34. The van der Waals surface area contributed by atoms with Gasteiger partial charge in [-0.3, -0.25) is 4.79 Å². The third kappa shape index (κ3) is 4.71. The van der Waals surface area contributed by atoms with Crippen molar-refractivity contribution in [2.75, 3.05) is 11.9 Å². The van der Waals surface area contributed by atoms with Gasteiger partial charge in [-0.1, -0.05) is 30.3 Å². The van der Waals surface area contributed by atoms with Crippen molar-refractivity contribution in [1.82, 2.24) is 0 Å². The average molecular weight is 360 g/mol. The fourth-order valence-electron chi connectivity index (χ4n) is 2.54. The molecule has 3 rings (SSSR count). The Kier molecular flexibility index (Phi) is 5.48. The van der Waals surface area contributed by atoms with Crippen LogP contribution >= 0.6 is 0 Å². The summed E-state index contributed by atoms with van der Waals surface area (Å²) < 4.78 is 19.2. The Morgan fingerprint density at radius 3 is 2.26 bits per heavy atom. The lowest BCUT2D eigenvalue weighted by Crippen LogP contribution is -2.20. The third-order valence-corrected chi connectivity index (χ3v) is 3.97. The van der Waals surface area contributed by atoms with E-state index in [0.29, 0.717) is 11.3 Å². The molecular formula is C22H17FN2O2. The highest BCUT2D eigenvalue weighted by Crippen LogP contribution is 2.23. The van der Waals surface area contributed by atoms with Crippen LogP contribution in [0.15, 0.2) is 66.7 Å². The Hall–Kier alpha value is -3.65. The third-order valence-electron chi connectivity index (χ3n) is 3.97. The Morgan fingerprint density at radius 1 is 1.04 bits per heavy atom. The van der Waals surface area contributed by atoms with Crippen LogP contribution in [-0.2, 0) is 4.79 Å². The van der Waals surface area contributed by atoms with Gasteiger partial charge in [-0.2, -0.15) is 5.26 Å². The highest BCUT2D eigenvalue weighted by atomic mass is 19.1. The summed E-state index contributed by atoms with van der Waals surface area (Å²) in [6.07, 6.45) is 0. The lowest BCUT2D eigenvalue weighted by molar-refractivity contribution is -0.118. The first kappa shape index (κ1) is 18.2. The van der Waals surface area contributed by atoms with E-state index in [0.717, 1.165) is 16.7 Å². The molecule has 0 bridgehead atoms. The zero-order valence-corrected chi connectivity index (χ0v) is 14.7. The SMILES string of the molecule is Cc1ccc(NC(=O)COc2ccc(-c3ccc(C#N)cc3)cc2)c(F)c1. The molecule has 0 saturated carbocycles. The fourth-order valence-corrected chi connectivity index (χ4v) is 2.54. The molecule has 3 aromatic carbocycles. The standard InChI is InChI=1S/C22H17FN2O2/c1-15-2-11-21(20(23)12-15)25-22(26)14-27-19-9-7-18(8-10-19)17-5-3-16(13-24)4-6-17/h2-12H,14H2,1H3,(H,25,26). The van der Waals surface area contributed by atoms with E-state index in [1.807, 2.05) is 24.3 Å². The number of nitrogens with one attached hydrogen (secondary N) is 1. The number of aryl methyl sites for hydroxylation is 1. The first-order chi connectivity index (χ1) is 13.0. The number of nitriles is 1. The highest BCUT2D eigenvalue weighted by Gasteiger charge is 2.08. The molecule has 0 aliphatic rings. The van der Waals surface area contributed by atoms with Gasteiger partial charge in [0.1, 0.15) is 11.6 Å². The van der Waals surface area contributed by atoms with Gasteiger partial charge < -0.3 is 10.1 Å². The molecule has 0 saturated heterocycles. The van der Waals surface area contributed by atoms with Crippen LogP contribution < -0.4 is 10.1 Å². The number of anilines is 1. The van der Waals surface area contributed by atoms with Crippen LogP contribution in [0.5, 0.6) is 5.75 Å². The Morgan fingerprint density at radius 2 is 1.67 bits per heavy atom. The van der Waals surface area contributed by atoms with Crippen LogP contribution in [0.25, 0.3) is 11.1 Å². The molecule has 1 amide bonds. The molecule has 3 aromatic rings. The molecule has 5 heteroatoms. The van der Waals surface area contributed by atoms with E-state index in [9.17, 15) is 9.18 Å². The second-order valence-electron chi connectivity index (χ2n) is 6.03. The van der Waals surface area contributed by atoms with Gasteiger partial charge in [-0.25, -0.2) is 4.39 Å². The van der Waals surface area contributed by atoms with Crippen LogP contribution in [0, 0.1) is 24.1 Å². The number of ether oxygens (including phenoxy) is 1. The van der Waals surface area contributed by atoms with Crippen LogP contribution in [0.4, 0.5) is 10.1 Å². The molecule has 0 radical (unpaired) electrons. The molecule has 0 heterocycles. The number of rotatable bonds is 5. The smallest absolute Gasteiger partial charge is 0.262 e. The van der Waals surface area contributed by atoms with Gasteiger partial charge in [0.15, 0.2) is 6.61 Å². The molecule has 27 heavy (non-hydrogen) atoms. The molecule has 134 valence electrons. The largest absolute Gasteiger partial charge is 0.484 e. The summed E-state index contributed by atoms with van der Waals surface area (Å²) in [5.41, 5.74) is 3.47. The van der Waals surface area contributed by atoms with Gasteiger partial charge >= 0.3 is 0 Å². The minimum Gasteiger partial charge on any atom is -0.484 e. The van der Waals surface area contributed by atoms with E-state index >= 15 is 0 Å². The summed E-state index contributed by atoms with van der Waals surface area (Å²) in [6, 6.07) is 21.2. The minimum absolute atomic E-state index is 0.130. The van der Waals surface area contributed by atoms with Crippen LogP contribution in [0.2, 0.25) is 0 Å². The second kappa shape index (κ2) is 8.15. The summed E-state index contributed by atoms with van der Waals surface area (Å²) in [7, 11) is 0. The number of hydrogen-bond donors (Lipinski definition) is 1. The van der Waals surface area contributed by atoms with Crippen molar-refractivity contribution in [3.05, 3.63) is 83.7 Å². The van der Waals surface area contributed by atoms with Crippen molar-refractivity contribution < 1.29 is 13.9 Å². The normalized spacial score (nSPS) is 10.1. The number of carbonyl (C=O) groups is 1. The Labute approximate surface area is 156 Å². The summed E-state index contributed by atoms with van der Waals surface area (Å²) in [5, 5.41) is 11.3. The van der Waals surface area contributed by atoms with Crippen molar-refractivity contribution in [2.24, 2.45) is 0 Å². The van der Waals surface area contributed by atoms with Gasteiger partial charge in [-0.15, -0.1) is 0 Å². The van der Waals surface area contributed by atoms with Crippen LogP contribution in [-0.4, -0.2) is 12.5 Å². The number of benzene rings is 3. The van der Waals surface area contributed by atoms with Crippen molar-refractivity contribution in [2.45, 2.75) is 6.92 Å². The zero-order chi connectivity index (χ0) is 19.2. The number of amides is 1. The van der Waals surface area contributed by atoms with Crippen LogP contribution in [0.3, 0.4) is 0 Å². The predicted octanol–water partition coefficient (Wildman–Crippen LogP) is 4.69. The zero-order valence-electron chi connectivity index (χ0n) is 14.7. The van der Waals surface area contributed by atoms with Crippen LogP contribution in [0.1, 0.15) is 11.1 Å². The average Bonchev–Trinajstić information content (AvgIpc) is 2.69. The van der Waals surface area contributed by atoms with Crippen molar-refractivity contribution >= 4 is 11.6 Å². The van der Waals surface area contributed by atoms with E-state index < -0.39 is 11.7 Å². The lowest BCUT2D eigenvalue weighted by atomic mass is 10.0. The van der Waals surface area contributed by atoms with Gasteiger partial charge in [0.2, 0.25) is 0 Å². The van der Waals surface area contributed by atoms with E-state index in [4.69, 9.17) is 10.00 Å².